The Labute approximate surface area is 192 Å². The standard InChI is InChI=1S/C26H37N5O/c1-5-27-26(28-18-21-6-10-23(11-7-21)25(32)30(3)4)29-19-22-8-12-24(13-9-22)31-16-14-20(2)15-17-31/h6-13,20H,5,14-19H2,1-4H3,(H2,27,28,29). The highest BCUT2D eigenvalue weighted by atomic mass is 16.2. The van der Waals surface area contributed by atoms with Crippen molar-refractivity contribution in [2.24, 2.45) is 10.9 Å². The lowest BCUT2D eigenvalue weighted by molar-refractivity contribution is 0.0827. The van der Waals surface area contributed by atoms with Gasteiger partial charge in [0, 0.05) is 51.5 Å². The van der Waals surface area contributed by atoms with E-state index in [9.17, 15) is 4.79 Å². The van der Waals surface area contributed by atoms with Crippen LogP contribution in [0.4, 0.5) is 5.69 Å². The minimum Gasteiger partial charge on any atom is -0.372 e. The lowest BCUT2D eigenvalue weighted by Gasteiger charge is -2.32. The summed E-state index contributed by atoms with van der Waals surface area (Å²) in [5, 5.41) is 6.69. The van der Waals surface area contributed by atoms with Crippen LogP contribution in [-0.4, -0.2) is 50.5 Å². The van der Waals surface area contributed by atoms with Gasteiger partial charge in [-0.25, -0.2) is 4.99 Å². The molecule has 0 aromatic heterocycles. The van der Waals surface area contributed by atoms with Crippen molar-refractivity contribution in [3.8, 4) is 0 Å². The summed E-state index contributed by atoms with van der Waals surface area (Å²) in [6, 6.07) is 16.5. The van der Waals surface area contributed by atoms with Gasteiger partial charge in [-0.05, 0) is 61.1 Å². The number of nitrogens with one attached hydrogen (secondary N) is 2. The van der Waals surface area contributed by atoms with E-state index in [0.717, 1.165) is 37.1 Å². The van der Waals surface area contributed by atoms with E-state index in [0.29, 0.717) is 18.7 Å². The molecule has 2 aromatic rings. The van der Waals surface area contributed by atoms with Crippen LogP contribution in [0.1, 0.15) is 48.2 Å². The van der Waals surface area contributed by atoms with Gasteiger partial charge in [0.25, 0.3) is 5.91 Å². The van der Waals surface area contributed by atoms with Crippen molar-refractivity contribution >= 4 is 17.6 Å². The molecule has 1 aliphatic rings. The minimum atomic E-state index is 0.0141. The van der Waals surface area contributed by atoms with Gasteiger partial charge in [-0.1, -0.05) is 31.2 Å². The normalized spacial score (nSPS) is 14.9. The Kier molecular flexibility index (Phi) is 8.54. The second kappa shape index (κ2) is 11.6. The van der Waals surface area contributed by atoms with E-state index in [1.165, 1.54) is 24.1 Å². The summed E-state index contributed by atoms with van der Waals surface area (Å²) >= 11 is 0. The molecule has 0 spiro atoms. The molecule has 1 aliphatic heterocycles. The Hall–Kier alpha value is -3.02. The summed E-state index contributed by atoms with van der Waals surface area (Å²) in [4.78, 5) is 20.8. The zero-order valence-corrected chi connectivity index (χ0v) is 19.9. The number of rotatable bonds is 7. The summed E-state index contributed by atoms with van der Waals surface area (Å²) in [7, 11) is 3.52. The molecule has 6 nitrogen and oxygen atoms in total. The molecule has 0 unspecified atom stereocenters. The first-order valence-electron chi connectivity index (χ1n) is 11.6. The van der Waals surface area contributed by atoms with Gasteiger partial charge in [-0.15, -0.1) is 0 Å². The minimum absolute atomic E-state index is 0.0141. The number of carbonyl (C=O) groups excluding carboxylic acids is 1. The van der Waals surface area contributed by atoms with E-state index in [1.54, 1.807) is 19.0 Å². The maximum absolute atomic E-state index is 12.0. The van der Waals surface area contributed by atoms with Crippen LogP contribution in [0.3, 0.4) is 0 Å². The number of anilines is 1. The first-order valence-corrected chi connectivity index (χ1v) is 11.6. The monoisotopic (exact) mass is 435 g/mol. The number of piperidine rings is 1. The van der Waals surface area contributed by atoms with Crippen molar-refractivity contribution in [3.05, 3.63) is 65.2 Å². The van der Waals surface area contributed by atoms with Crippen LogP contribution in [0.25, 0.3) is 0 Å². The highest BCUT2D eigenvalue weighted by Crippen LogP contribution is 2.23. The molecule has 0 saturated carbocycles. The van der Waals surface area contributed by atoms with Crippen LogP contribution in [0.5, 0.6) is 0 Å². The highest BCUT2D eigenvalue weighted by molar-refractivity contribution is 5.93. The molecular weight excluding hydrogens is 398 g/mol. The van der Waals surface area contributed by atoms with Crippen molar-refractivity contribution in [1.29, 1.82) is 0 Å². The highest BCUT2D eigenvalue weighted by Gasteiger charge is 2.15. The number of nitrogens with zero attached hydrogens (tertiary/aromatic N) is 3. The zero-order valence-electron chi connectivity index (χ0n) is 19.9. The molecule has 0 radical (unpaired) electrons. The number of hydrogen-bond donors (Lipinski definition) is 2. The summed E-state index contributed by atoms with van der Waals surface area (Å²) in [6.45, 7) is 8.78. The van der Waals surface area contributed by atoms with E-state index in [4.69, 9.17) is 4.99 Å². The third-order valence-electron chi connectivity index (χ3n) is 5.92. The van der Waals surface area contributed by atoms with E-state index in [2.05, 4.69) is 53.6 Å². The molecule has 1 fully saturated rings. The second-order valence-corrected chi connectivity index (χ2v) is 8.78. The number of aliphatic imine (C=N–C) groups is 1. The zero-order chi connectivity index (χ0) is 22.9. The molecule has 1 saturated heterocycles. The van der Waals surface area contributed by atoms with Crippen LogP contribution < -0.4 is 15.5 Å². The first-order chi connectivity index (χ1) is 15.5. The van der Waals surface area contributed by atoms with Crippen LogP contribution in [-0.2, 0) is 13.1 Å². The molecular formula is C26H37N5O. The molecule has 2 aromatic carbocycles. The van der Waals surface area contributed by atoms with Crippen molar-refractivity contribution in [1.82, 2.24) is 15.5 Å². The van der Waals surface area contributed by atoms with Gasteiger partial charge in [-0.2, -0.15) is 0 Å². The average molecular weight is 436 g/mol. The second-order valence-electron chi connectivity index (χ2n) is 8.78. The van der Waals surface area contributed by atoms with E-state index in [1.807, 2.05) is 24.3 Å². The maximum Gasteiger partial charge on any atom is 0.253 e. The van der Waals surface area contributed by atoms with Crippen LogP contribution in [0.15, 0.2) is 53.5 Å². The van der Waals surface area contributed by atoms with Gasteiger partial charge in [-0.3, -0.25) is 4.79 Å². The SMILES string of the molecule is CCNC(=NCc1ccc(N2CCC(C)CC2)cc1)NCc1ccc(C(=O)N(C)C)cc1. The number of amides is 1. The summed E-state index contributed by atoms with van der Waals surface area (Å²) in [6.07, 6.45) is 2.55. The average Bonchev–Trinajstić information content (AvgIpc) is 2.81. The van der Waals surface area contributed by atoms with Crippen molar-refractivity contribution in [3.63, 3.8) is 0 Å². The largest absolute Gasteiger partial charge is 0.372 e. The van der Waals surface area contributed by atoms with E-state index in [-0.39, 0.29) is 5.91 Å². The molecule has 0 aliphatic carbocycles. The van der Waals surface area contributed by atoms with Gasteiger partial charge in [0.05, 0.1) is 6.54 Å². The summed E-state index contributed by atoms with van der Waals surface area (Å²) in [5.74, 6) is 1.64. The Balaban J connectivity index is 1.55. The van der Waals surface area contributed by atoms with Crippen LogP contribution in [0.2, 0.25) is 0 Å². The number of hydrogen-bond acceptors (Lipinski definition) is 3. The maximum atomic E-state index is 12.0. The van der Waals surface area contributed by atoms with Gasteiger partial charge in [0.15, 0.2) is 5.96 Å². The fraction of sp³-hybridized carbons (Fsp3) is 0.462. The fourth-order valence-corrected chi connectivity index (χ4v) is 3.80. The van der Waals surface area contributed by atoms with Crippen molar-refractivity contribution in [2.45, 2.75) is 39.8 Å². The van der Waals surface area contributed by atoms with Gasteiger partial charge < -0.3 is 20.4 Å². The molecule has 1 heterocycles. The number of guanidine groups is 1. The fourth-order valence-electron chi connectivity index (χ4n) is 3.80. The topological polar surface area (TPSA) is 60.0 Å². The molecule has 2 N–H and O–H groups in total. The number of benzene rings is 2. The Morgan fingerprint density at radius 1 is 1.00 bits per heavy atom. The molecule has 32 heavy (non-hydrogen) atoms. The molecule has 1 amide bonds. The van der Waals surface area contributed by atoms with E-state index < -0.39 is 0 Å². The summed E-state index contributed by atoms with van der Waals surface area (Å²) in [5.41, 5.74) is 4.31. The molecule has 0 atom stereocenters. The van der Waals surface area contributed by atoms with Crippen LogP contribution in [0, 0.1) is 5.92 Å². The van der Waals surface area contributed by atoms with Gasteiger partial charge >= 0.3 is 0 Å². The third-order valence-corrected chi connectivity index (χ3v) is 5.92. The third kappa shape index (κ3) is 6.74. The Bertz CT molecular complexity index is 881. The molecule has 6 heteroatoms. The first kappa shape index (κ1) is 23.6. The van der Waals surface area contributed by atoms with Gasteiger partial charge in [0.1, 0.15) is 0 Å². The number of carbonyl (C=O) groups is 1. The van der Waals surface area contributed by atoms with Crippen molar-refractivity contribution in [2.75, 3.05) is 38.6 Å². The Morgan fingerprint density at radius 2 is 1.62 bits per heavy atom. The molecule has 0 bridgehead atoms. The summed E-state index contributed by atoms with van der Waals surface area (Å²) < 4.78 is 0. The molecule has 3 rings (SSSR count). The van der Waals surface area contributed by atoms with Gasteiger partial charge in [0.2, 0.25) is 0 Å². The quantitative estimate of drug-likeness (QED) is 0.512. The Morgan fingerprint density at radius 3 is 2.22 bits per heavy atom. The smallest absolute Gasteiger partial charge is 0.253 e. The molecule has 172 valence electrons. The predicted molar refractivity (Wildman–Crippen MR) is 133 cm³/mol. The lowest BCUT2D eigenvalue weighted by atomic mass is 9.99. The van der Waals surface area contributed by atoms with Crippen molar-refractivity contribution < 1.29 is 4.79 Å². The predicted octanol–water partition coefficient (Wildman–Crippen LogP) is 3.88. The van der Waals surface area contributed by atoms with E-state index >= 15 is 0 Å². The lowest BCUT2D eigenvalue weighted by Crippen LogP contribution is -2.36. The van der Waals surface area contributed by atoms with Crippen LogP contribution >= 0.6 is 0 Å².